The summed E-state index contributed by atoms with van der Waals surface area (Å²) in [5, 5.41) is 12.5. The van der Waals surface area contributed by atoms with E-state index in [2.05, 4.69) is 15.5 Å². The molecule has 0 saturated carbocycles. The number of methoxy groups -OCH3 is 3. The van der Waals surface area contributed by atoms with Crippen molar-refractivity contribution >= 4 is 22.4 Å². The van der Waals surface area contributed by atoms with Crippen LogP contribution in [-0.2, 0) is 0 Å². The monoisotopic (exact) mass is 311 g/mol. The van der Waals surface area contributed by atoms with Crippen LogP contribution in [0.1, 0.15) is 0 Å². The molecule has 3 rings (SSSR count). The molecule has 0 amide bonds. The number of nitrogens with zero attached hydrogens (tertiary/aromatic N) is 2. The van der Waals surface area contributed by atoms with E-state index in [0.29, 0.717) is 17.3 Å². The topological polar surface area (TPSA) is 65.5 Å². The summed E-state index contributed by atoms with van der Waals surface area (Å²) >= 11 is 0. The number of anilines is 2. The Morgan fingerprint density at radius 1 is 0.783 bits per heavy atom. The molecule has 3 aromatic rings. The van der Waals surface area contributed by atoms with Crippen molar-refractivity contribution in [2.75, 3.05) is 26.6 Å². The van der Waals surface area contributed by atoms with Gasteiger partial charge in [0.25, 0.3) is 0 Å². The van der Waals surface area contributed by atoms with E-state index in [1.165, 1.54) is 0 Å². The van der Waals surface area contributed by atoms with Gasteiger partial charge in [-0.3, -0.25) is 0 Å². The zero-order valence-corrected chi connectivity index (χ0v) is 13.2. The van der Waals surface area contributed by atoms with Gasteiger partial charge >= 0.3 is 0 Å². The van der Waals surface area contributed by atoms with Gasteiger partial charge in [-0.15, -0.1) is 10.2 Å². The molecule has 1 N–H and O–H groups in total. The van der Waals surface area contributed by atoms with Gasteiger partial charge in [0.2, 0.25) is 0 Å². The molecule has 0 fully saturated rings. The number of benzene rings is 2. The first-order valence-corrected chi connectivity index (χ1v) is 7.04. The summed E-state index contributed by atoms with van der Waals surface area (Å²) in [6.45, 7) is 0. The molecule has 1 aromatic heterocycles. The van der Waals surface area contributed by atoms with Crippen LogP contribution >= 0.6 is 0 Å². The van der Waals surface area contributed by atoms with Crippen LogP contribution in [0, 0.1) is 0 Å². The number of rotatable bonds is 5. The van der Waals surface area contributed by atoms with Gasteiger partial charge in [-0.05, 0) is 36.4 Å². The molecule has 0 radical (unpaired) electrons. The Kier molecular flexibility index (Phi) is 4.14. The Morgan fingerprint density at radius 2 is 1.48 bits per heavy atom. The highest BCUT2D eigenvalue weighted by atomic mass is 16.5. The molecule has 23 heavy (non-hydrogen) atoms. The number of hydrogen-bond donors (Lipinski definition) is 1. The Bertz CT molecular complexity index is 819. The summed E-state index contributed by atoms with van der Waals surface area (Å²) in [5.41, 5.74) is 1.64. The average Bonchev–Trinajstić information content (AvgIpc) is 2.61. The smallest absolute Gasteiger partial charge is 0.162 e. The molecule has 0 saturated heterocycles. The van der Waals surface area contributed by atoms with Gasteiger partial charge in [-0.1, -0.05) is 0 Å². The summed E-state index contributed by atoms with van der Waals surface area (Å²) in [7, 11) is 4.84. The van der Waals surface area contributed by atoms with Crippen LogP contribution in [0.5, 0.6) is 17.2 Å². The van der Waals surface area contributed by atoms with Crippen LogP contribution in [0.15, 0.2) is 42.5 Å². The third kappa shape index (κ3) is 3.11. The van der Waals surface area contributed by atoms with Crippen molar-refractivity contribution in [2.45, 2.75) is 0 Å². The maximum absolute atomic E-state index is 5.32. The molecule has 118 valence electrons. The molecule has 2 aromatic carbocycles. The van der Waals surface area contributed by atoms with Gasteiger partial charge < -0.3 is 19.5 Å². The number of ether oxygens (including phenoxy) is 3. The molecule has 0 unspecified atom stereocenters. The van der Waals surface area contributed by atoms with E-state index in [9.17, 15) is 0 Å². The lowest BCUT2D eigenvalue weighted by Gasteiger charge is -2.10. The summed E-state index contributed by atoms with van der Waals surface area (Å²) in [6.07, 6.45) is 0. The van der Waals surface area contributed by atoms with Crippen LogP contribution < -0.4 is 19.5 Å². The highest BCUT2D eigenvalue weighted by Crippen LogP contribution is 2.32. The zero-order chi connectivity index (χ0) is 16.2. The number of hydrogen-bond acceptors (Lipinski definition) is 6. The zero-order valence-electron chi connectivity index (χ0n) is 13.2. The Balaban J connectivity index is 1.92. The number of aromatic nitrogens is 2. The molecule has 1 heterocycles. The lowest BCUT2D eigenvalue weighted by molar-refractivity contribution is 0.355. The van der Waals surface area contributed by atoms with Crippen LogP contribution in [0.3, 0.4) is 0 Å². The first-order chi connectivity index (χ1) is 11.2. The van der Waals surface area contributed by atoms with Crippen LogP contribution in [0.25, 0.3) is 10.9 Å². The summed E-state index contributed by atoms with van der Waals surface area (Å²) in [4.78, 5) is 0. The predicted molar refractivity (Wildman–Crippen MR) is 88.9 cm³/mol. The largest absolute Gasteiger partial charge is 0.497 e. The van der Waals surface area contributed by atoms with Gasteiger partial charge in [0.1, 0.15) is 5.75 Å². The van der Waals surface area contributed by atoms with Gasteiger partial charge in [0.05, 0.1) is 26.8 Å². The first kappa shape index (κ1) is 14.9. The lowest BCUT2D eigenvalue weighted by Crippen LogP contribution is -1.97. The second-order valence-corrected chi connectivity index (χ2v) is 4.85. The van der Waals surface area contributed by atoms with Crippen molar-refractivity contribution < 1.29 is 14.2 Å². The highest BCUT2D eigenvalue weighted by Gasteiger charge is 2.08. The van der Waals surface area contributed by atoms with Gasteiger partial charge in [-0.2, -0.15) is 0 Å². The maximum atomic E-state index is 5.32. The summed E-state index contributed by atoms with van der Waals surface area (Å²) in [6, 6.07) is 13.2. The van der Waals surface area contributed by atoms with Crippen molar-refractivity contribution in [3.63, 3.8) is 0 Å². The molecule has 0 aliphatic heterocycles. The van der Waals surface area contributed by atoms with Crippen molar-refractivity contribution in [3.8, 4) is 17.2 Å². The molecule has 0 aliphatic rings. The third-order valence-electron chi connectivity index (χ3n) is 3.45. The van der Waals surface area contributed by atoms with E-state index in [4.69, 9.17) is 14.2 Å². The molecule has 0 aliphatic carbocycles. The number of nitrogens with one attached hydrogen (secondary N) is 1. The van der Waals surface area contributed by atoms with Crippen LogP contribution in [-0.4, -0.2) is 31.5 Å². The van der Waals surface area contributed by atoms with Crippen molar-refractivity contribution in [3.05, 3.63) is 42.5 Å². The molecule has 0 bridgehead atoms. The average molecular weight is 311 g/mol. The standard InChI is InChI=1S/C17H17N3O3/c1-21-13-6-4-12(5-7-13)18-17-9-11-8-15(22-2)16(23-3)10-14(11)19-20-17/h4-10H,1-3H3,(H,18,20). The Hall–Kier alpha value is -3.02. The SMILES string of the molecule is COc1ccc(Nc2cc3cc(OC)c(OC)cc3nn2)cc1. The number of fused-ring (bicyclic) bond motifs is 1. The van der Waals surface area contributed by atoms with E-state index in [-0.39, 0.29) is 0 Å². The van der Waals surface area contributed by atoms with Crippen molar-refractivity contribution in [1.82, 2.24) is 10.2 Å². The van der Waals surface area contributed by atoms with E-state index in [1.54, 1.807) is 27.4 Å². The van der Waals surface area contributed by atoms with Gasteiger partial charge in [0.15, 0.2) is 17.3 Å². The van der Waals surface area contributed by atoms with E-state index in [1.807, 2.05) is 36.4 Å². The van der Waals surface area contributed by atoms with Crippen molar-refractivity contribution in [2.24, 2.45) is 0 Å². The van der Waals surface area contributed by atoms with E-state index < -0.39 is 0 Å². The van der Waals surface area contributed by atoms with Gasteiger partial charge in [0, 0.05) is 17.1 Å². The Labute approximate surface area is 134 Å². The first-order valence-electron chi connectivity index (χ1n) is 7.04. The molecule has 6 heteroatoms. The lowest BCUT2D eigenvalue weighted by atomic mass is 10.2. The van der Waals surface area contributed by atoms with Crippen molar-refractivity contribution in [1.29, 1.82) is 0 Å². The van der Waals surface area contributed by atoms with Crippen LogP contribution in [0.4, 0.5) is 11.5 Å². The Morgan fingerprint density at radius 3 is 2.13 bits per heavy atom. The second kappa shape index (κ2) is 6.39. The molecule has 0 spiro atoms. The van der Waals surface area contributed by atoms with Crippen LogP contribution in [0.2, 0.25) is 0 Å². The normalized spacial score (nSPS) is 10.4. The minimum atomic E-state index is 0.630. The van der Waals surface area contributed by atoms with Gasteiger partial charge in [-0.25, -0.2) is 0 Å². The maximum Gasteiger partial charge on any atom is 0.162 e. The fraction of sp³-hybridized carbons (Fsp3) is 0.176. The quantitative estimate of drug-likeness (QED) is 0.779. The third-order valence-corrected chi connectivity index (χ3v) is 3.45. The molecule has 6 nitrogen and oxygen atoms in total. The minimum absolute atomic E-state index is 0.630. The second-order valence-electron chi connectivity index (χ2n) is 4.85. The van der Waals surface area contributed by atoms with E-state index in [0.717, 1.165) is 22.3 Å². The molecular weight excluding hydrogens is 294 g/mol. The highest BCUT2D eigenvalue weighted by molar-refractivity contribution is 5.84. The fourth-order valence-corrected chi connectivity index (χ4v) is 2.25. The van der Waals surface area contributed by atoms with E-state index >= 15 is 0 Å². The summed E-state index contributed by atoms with van der Waals surface area (Å²) in [5.74, 6) is 2.74. The molecular formula is C17H17N3O3. The summed E-state index contributed by atoms with van der Waals surface area (Å²) < 4.78 is 15.7. The minimum Gasteiger partial charge on any atom is -0.497 e. The molecule has 0 atom stereocenters. The fourth-order valence-electron chi connectivity index (χ4n) is 2.25. The predicted octanol–water partition coefficient (Wildman–Crippen LogP) is 3.40.